The van der Waals surface area contributed by atoms with Gasteiger partial charge in [0.25, 0.3) is 0 Å². The number of hydrogen-bond acceptors (Lipinski definition) is 0. The Balaban J connectivity index is 3.16. The highest BCUT2D eigenvalue weighted by Gasteiger charge is 2.10. The standard InChI is InChI=1S/C12H18/c1-10-6-5-7-11(8-10)9-12(2,3)4/h5-8H,9H2,1-4H3/i9D2. The second-order valence-corrected chi connectivity index (χ2v) is 4.24. The van der Waals surface area contributed by atoms with Crippen molar-refractivity contribution in [1.29, 1.82) is 0 Å². The van der Waals surface area contributed by atoms with Gasteiger partial charge in [-0.15, -0.1) is 0 Å². The van der Waals surface area contributed by atoms with E-state index in [-0.39, 0.29) is 5.41 Å². The first-order valence-corrected chi connectivity index (χ1v) is 4.32. The lowest BCUT2D eigenvalue weighted by atomic mass is 9.88. The highest BCUT2D eigenvalue weighted by molar-refractivity contribution is 5.22. The first-order valence-electron chi connectivity index (χ1n) is 5.32. The summed E-state index contributed by atoms with van der Waals surface area (Å²) in [4.78, 5) is 0. The molecular formula is C12H18. The molecule has 0 aliphatic heterocycles. The van der Waals surface area contributed by atoms with E-state index >= 15 is 0 Å². The van der Waals surface area contributed by atoms with Crippen LogP contribution in [-0.4, -0.2) is 0 Å². The molecule has 0 radical (unpaired) electrons. The number of hydrogen-bond donors (Lipinski definition) is 0. The van der Waals surface area contributed by atoms with Crippen LogP contribution in [0.1, 0.15) is 34.6 Å². The monoisotopic (exact) mass is 164 g/mol. The molecule has 0 atom stereocenters. The van der Waals surface area contributed by atoms with E-state index in [4.69, 9.17) is 2.74 Å². The van der Waals surface area contributed by atoms with Gasteiger partial charge in [0.2, 0.25) is 0 Å². The largest absolute Gasteiger partial charge is 0.0617 e. The van der Waals surface area contributed by atoms with Crippen molar-refractivity contribution >= 4 is 0 Å². The van der Waals surface area contributed by atoms with Gasteiger partial charge in [-0.1, -0.05) is 50.6 Å². The fourth-order valence-electron chi connectivity index (χ4n) is 1.16. The van der Waals surface area contributed by atoms with Gasteiger partial charge in [0.05, 0.1) is 0 Å². The van der Waals surface area contributed by atoms with E-state index in [9.17, 15) is 0 Å². The van der Waals surface area contributed by atoms with Gasteiger partial charge >= 0.3 is 0 Å². The van der Waals surface area contributed by atoms with E-state index in [1.807, 2.05) is 52.0 Å². The van der Waals surface area contributed by atoms with Crippen LogP contribution in [-0.2, 0) is 6.37 Å². The second-order valence-electron chi connectivity index (χ2n) is 4.24. The van der Waals surface area contributed by atoms with Crippen LogP contribution < -0.4 is 0 Å². The van der Waals surface area contributed by atoms with E-state index in [1.165, 1.54) is 0 Å². The van der Waals surface area contributed by atoms with E-state index < -0.39 is 6.37 Å². The molecule has 0 N–H and O–H groups in total. The van der Waals surface area contributed by atoms with Crippen LogP contribution in [0.2, 0.25) is 0 Å². The van der Waals surface area contributed by atoms with Crippen molar-refractivity contribution in [2.24, 2.45) is 5.41 Å². The van der Waals surface area contributed by atoms with E-state index in [0.717, 1.165) is 11.1 Å². The van der Waals surface area contributed by atoms with Crippen molar-refractivity contribution in [3.63, 3.8) is 0 Å². The SMILES string of the molecule is [2H]C([2H])(c1cccc(C)c1)C(C)(C)C. The minimum Gasteiger partial charge on any atom is -0.0617 e. The molecular weight excluding hydrogens is 144 g/mol. The molecule has 0 heterocycles. The third-order valence-electron chi connectivity index (χ3n) is 1.54. The molecule has 0 aliphatic rings. The van der Waals surface area contributed by atoms with Crippen molar-refractivity contribution in [3.05, 3.63) is 35.4 Å². The van der Waals surface area contributed by atoms with Gasteiger partial charge in [0, 0.05) is 2.74 Å². The fraction of sp³-hybridized carbons (Fsp3) is 0.500. The van der Waals surface area contributed by atoms with Crippen molar-refractivity contribution < 1.29 is 2.74 Å². The van der Waals surface area contributed by atoms with Crippen LogP contribution in [0.15, 0.2) is 24.3 Å². The molecule has 1 aromatic carbocycles. The van der Waals surface area contributed by atoms with Crippen molar-refractivity contribution in [2.75, 3.05) is 0 Å². The van der Waals surface area contributed by atoms with Crippen LogP contribution in [0.3, 0.4) is 0 Å². The number of aryl methyl sites for hydroxylation is 1. The summed E-state index contributed by atoms with van der Waals surface area (Å²) in [5, 5.41) is 0. The summed E-state index contributed by atoms with van der Waals surface area (Å²) in [6.45, 7) is 7.77. The first-order chi connectivity index (χ1) is 6.25. The summed E-state index contributed by atoms with van der Waals surface area (Å²) in [7, 11) is 0. The Bertz CT molecular complexity index is 321. The summed E-state index contributed by atoms with van der Waals surface area (Å²) in [6.07, 6.45) is -1.28. The molecule has 0 fully saturated rings. The third-order valence-corrected chi connectivity index (χ3v) is 1.54. The molecule has 1 rings (SSSR count). The van der Waals surface area contributed by atoms with Crippen LogP contribution in [0.25, 0.3) is 0 Å². The summed E-state index contributed by atoms with van der Waals surface area (Å²) in [6, 6.07) is 7.68. The van der Waals surface area contributed by atoms with Crippen LogP contribution in [0, 0.1) is 12.3 Å². The third kappa shape index (κ3) is 3.08. The van der Waals surface area contributed by atoms with Crippen molar-refractivity contribution in [3.8, 4) is 0 Å². The van der Waals surface area contributed by atoms with Gasteiger partial charge in [-0.3, -0.25) is 0 Å². The van der Waals surface area contributed by atoms with Gasteiger partial charge in [0.15, 0.2) is 0 Å². The second kappa shape index (κ2) is 3.30. The lowest BCUT2D eigenvalue weighted by Crippen LogP contribution is -2.08. The highest BCUT2D eigenvalue weighted by atomic mass is 14.2. The van der Waals surface area contributed by atoms with Crippen molar-refractivity contribution in [1.82, 2.24) is 0 Å². The van der Waals surface area contributed by atoms with Gasteiger partial charge < -0.3 is 0 Å². The van der Waals surface area contributed by atoms with E-state index in [2.05, 4.69) is 0 Å². The Kier molecular flexibility index (Phi) is 1.85. The lowest BCUT2D eigenvalue weighted by Gasteiger charge is -2.18. The van der Waals surface area contributed by atoms with E-state index in [0.29, 0.717) is 0 Å². The summed E-state index contributed by atoms with van der Waals surface area (Å²) < 4.78 is 16.2. The fourth-order valence-corrected chi connectivity index (χ4v) is 1.16. The van der Waals surface area contributed by atoms with Crippen LogP contribution in [0.4, 0.5) is 0 Å². The zero-order valence-electron chi connectivity index (χ0n) is 10.3. The summed E-state index contributed by atoms with van der Waals surface area (Å²) in [5.41, 5.74) is 1.50. The molecule has 66 valence electrons. The molecule has 12 heavy (non-hydrogen) atoms. The molecule has 0 heteroatoms. The van der Waals surface area contributed by atoms with Gasteiger partial charge in [-0.2, -0.15) is 0 Å². The molecule has 1 aromatic rings. The highest BCUT2D eigenvalue weighted by Crippen LogP contribution is 2.20. The van der Waals surface area contributed by atoms with Crippen molar-refractivity contribution in [2.45, 2.75) is 34.1 Å². The maximum Gasteiger partial charge on any atom is 0.0321 e. The predicted octanol–water partition coefficient (Wildman–Crippen LogP) is 3.58. The summed E-state index contributed by atoms with van der Waals surface area (Å²) >= 11 is 0. The maximum absolute atomic E-state index is 8.08. The Morgan fingerprint density at radius 2 is 2.00 bits per heavy atom. The van der Waals surface area contributed by atoms with E-state index in [1.54, 1.807) is 0 Å². The normalized spacial score (nSPS) is 15.3. The quantitative estimate of drug-likeness (QED) is 0.595. The zero-order valence-corrected chi connectivity index (χ0v) is 8.31. The Hall–Kier alpha value is -0.780. The minimum absolute atomic E-state index is 0.374. The Labute approximate surface area is 78.4 Å². The zero-order chi connectivity index (χ0) is 11.0. The van der Waals surface area contributed by atoms with Crippen LogP contribution in [0.5, 0.6) is 0 Å². The maximum atomic E-state index is 8.08. The molecule has 0 saturated carbocycles. The smallest absolute Gasteiger partial charge is 0.0321 e. The van der Waals surface area contributed by atoms with Gasteiger partial charge in [-0.25, -0.2) is 0 Å². The average molecular weight is 164 g/mol. The van der Waals surface area contributed by atoms with Gasteiger partial charge in [0.1, 0.15) is 0 Å². The number of benzene rings is 1. The Morgan fingerprint density at radius 1 is 1.33 bits per heavy atom. The Morgan fingerprint density at radius 3 is 2.50 bits per heavy atom. The molecule has 0 bridgehead atoms. The molecule has 0 aromatic heterocycles. The molecule has 0 nitrogen and oxygen atoms in total. The predicted molar refractivity (Wildman–Crippen MR) is 54.3 cm³/mol. The summed E-state index contributed by atoms with van der Waals surface area (Å²) in [5.74, 6) is 0. The van der Waals surface area contributed by atoms with Gasteiger partial charge in [-0.05, 0) is 24.3 Å². The molecule has 0 aliphatic carbocycles. The molecule has 0 unspecified atom stereocenters. The first kappa shape index (κ1) is 6.71. The molecule has 0 saturated heterocycles. The topological polar surface area (TPSA) is 0 Å². The molecule has 0 amide bonds. The number of rotatable bonds is 1. The molecule has 0 spiro atoms. The minimum atomic E-state index is -1.28. The average Bonchev–Trinajstić information content (AvgIpc) is 2.02. The van der Waals surface area contributed by atoms with Crippen LogP contribution >= 0.6 is 0 Å². The lowest BCUT2D eigenvalue weighted by molar-refractivity contribution is 0.411.